The summed E-state index contributed by atoms with van der Waals surface area (Å²) < 4.78 is 4.53. The minimum atomic E-state index is -0.413. The largest absolute Gasteiger partial charge is 0.469 e. The van der Waals surface area contributed by atoms with E-state index in [9.17, 15) is 9.59 Å². The van der Waals surface area contributed by atoms with Gasteiger partial charge < -0.3 is 4.74 Å². The molecule has 1 aromatic carbocycles. The van der Waals surface area contributed by atoms with Gasteiger partial charge >= 0.3 is 5.97 Å². The summed E-state index contributed by atoms with van der Waals surface area (Å²) in [6.45, 7) is 1.83. The van der Waals surface area contributed by atoms with Crippen molar-refractivity contribution in [1.82, 2.24) is 0 Å². The van der Waals surface area contributed by atoms with E-state index in [1.54, 1.807) is 12.1 Å². The van der Waals surface area contributed by atoms with Crippen molar-refractivity contribution in [3.8, 4) is 0 Å². The van der Waals surface area contributed by atoms with E-state index in [0.717, 1.165) is 5.56 Å². The molecule has 15 heavy (non-hydrogen) atoms. The predicted molar refractivity (Wildman–Crippen MR) is 57.3 cm³/mol. The van der Waals surface area contributed by atoms with Crippen LogP contribution in [0.3, 0.4) is 0 Å². The maximum absolute atomic E-state index is 11.1. The first-order chi connectivity index (χ1) is 7.08. The van der Waals surface area contributed by atoms with Gasteiger partial charge in [-0.2, -0.15) is 0 Å². The lowest BCUT2D eigenvalue weighted by Gasteiger charge is -2.07. The van der Waals surface area contributed by atoms with Crippen LogP contribution in [0.2, 0.25) is 5.02 Å². The molecule has 3 nitrogen and oxygen atoms in total. The Morgan fingerprint density at radius 3 is 2.73 bits per heavy atom. The standard InChI is InChI=1S/C11H11ClO3/c1-7-3-8(6-13)9(10(12)4-7)5-11(14)15-2/h3-4,6H,5H2,1-2H3. The van der Waals surface area contributed by atoms with Gasteiger partial charge in [0.15, 0.2) is 0 Å². The fourth-order valence-corrected chi connectivity index (χ4v) is 1.66. The lowest BCUT2D eigenvalue weighted by molar-refractivity contribution is -0.139. The summed E-state index contributed by atoms with van der Waals surface area (Å²) in [5.41, 5.74) is 1.84. The quantitative estimate of drug-likeness (QED) is 0.586. The van der Waals surface area contributed by atoms with E-state index < -0.39 is 5.97 Å². The molecule has 0 heterocycles. The molecule has 1 rings (SSSR count). The maximum Gasteiger partial charge on any atom is 0.310 e. The van der Waals surface area contributed by atoms with E-state index in [2.05, 4.69) is 4.74 Å². The SMILES string of the molecule is COC(=O)Cc1c(Cl)cc(C)cc1C=O. The van der Waals surface area contributed by atoms with Gasteiger partial charge in [-0.1, -0.05) is 11.6 Å². The van der Waals surface area contributed by atoms with Crippen LogP contribution in [0.15, 0.2) is 12.1 Å². The minimum absolute atomic E-state index is 0.0175. The Morgan fingerprint density at radius 1 is 1.53 bits per heavy atom. The van der Waals surface area contributed by atoms with Gasteiger partial charge in [0.25, 0.3) is 0 Å². The van der Waals surface area contributed by atoms with Crippen LogP contribution in [0.5, 0.6) is 0 Å². The Kier molecular flexibility index (Phi) is 3.86. The topological polar surface area (TPSA) is 43.4 Å². The zero-order valence-corrected chi connectivity index (χ0v) is 9.30. The third-order valence-corrected chi connectivity index (χ3v) is 2.39. The number of carbonyl (C=O) groups is 2. The normalized spacial score (nSPS) is 9.80. The lowest BCUT2D eigenvalue weighted by atomic mass is 10.0. The summed E-state index contributed by atoms with van der Waals surface area (Å²) in [4.78, 5) is 21.9. The van der Waals surface area contributed by atoms with Gasteiger partial charge in [0.05, 0.1) is 13.5 Å². The Bertz CT molecular complexity index is 399. The molecule has 0 saturated heterocycles. The molecule has 4 heteroatoms. The van der Waals surface area contributed by atoms with Crippen LogP contribution in [0, 0.1) is 6.92 Å². The van der Waals surface area contributed by atoms with Gasteiger partial charge in [0.2, 0.25) is 0 Å². The second-order valence-electron chi connectivity index (χ2n) is 3.19. The van der Waals surface area contributed by atoms with E-state index in [1.807, 2.05) is 6.92 Å². The molecular formula is C11H11ClO3. The minimum Gasteiger partial charge on any atom is -0.469 e. The Labute approximate surface area is 93.0 Å². The number of hydrogen-bond donors (Lipinski definition) is 0. The molecule has 80 valence electrons. The number of hydrogen-bond acceptors (Lipinski definition) is 3. The van der Waals surface area contributed by atoms with Crippen molar-refractivity contribution >= 4 is 23.9 Å². The number of halogens is 1. The fraction of sp³-hybridized carbons (Fsp3) is 0.273. The molecule has 0 unspecified atom stereocenters. The van der Waals surface area contributed by atoms with Crippen LogP contribution in [0.25, 0.3) is 0 Å². The molecule has 0 atom stereocenters. The van der Waals surface area contributed by atoms with Gasteiger partial charge in [-0.3, -0.25) is 9.59 Å². The van der Waals surface area contributed by atoms with Gasteiger partial charge in [0.1, 0.15) is 6.29 Å². The van der Waals surface area contributed by atoms with E-state index in [-0.39, 0.29) is 6.42 Å². The number of aldehydes is 1. The number of benzene rings is 1. The Morgan fingerprint density at radius 2 is 2.20 bits per heavy atom. The zero-order chi connectivity index (χ0) is 11.4. The molecule has 1 aromatic rings. The summed E-state index contributed by atoms with van der Waals surface area (Å²) >= 11 is 5.95. The first kappa shape index (κ1) is 11.7. The number of rotatable bonds is 3. The molecule has 0 radical (unpaired) electrons. The van der Waals surface area contributed by atoms with Crippen LogP contribution < -0.4 is 0 Å². The third-order valence-electron chi connectivity index (χ3n) is 2.05. The number of carbonyl (C=O) groups excluding carboxylic acids is 2. The number of aryl methyl sites for hydroxylation is 1. The number of esters is 1. The first-order valence-electron chi connectivity index (χ1n) is 4.39. The van der Waals surface area contributed by atoms with Crippen LogP contribution >= 0.6 is 11.6 Å². The molecule has 0 fully saturated rings. The van der Waals surface area contributed by atoms with Crippen molar-refractivity contribution < 1.29 is 14.3 Å². The molecular weight excluding hydrogens is 216 g/mol. The van der Waals surface area contributed by atoms with E-state index in [0.29, 0.717) is 22.4 Å². The molecule has 0 aromatic heterocycles. The van der Waals surface area contributed by atoms with Crippen molar-refractivity contribution in [3.05, 3.63) is 33.8 Å². The third kappa shape index (κ3) is 2.80. The Hall–Kier alpha value is -1.35. The summed E-state index contributed by atoms with van der Waals surface area (Å²) in [7, 11) is 1.30. The summed E-state index contributed by atoms with van der Waals surface area (Å²) in [6, 6.07) is 3.41. The van der Waals surface area contributed by atoms with E-state index in [1.165, 1.54) is 7.11 Å². The van der Waals surface area contributed by atoms with Crippen molar-refractivity contribution in [3.63, 3.8) is 0 Å². The maximum atomic E-state index is 11.1. The van der Waals surface area contributed by atoms with Crippen LogP contribution in [-0.2, 0) is 16.0 Å². The Balaban J connectivity index is 3.15. The van der Waals surface area contributed by atoms with Crippen LogP contribution in [-0.4, -0.2) is 19.4 Å². The second kappa shape index (κ2) is 4.94. The zero-order valence-electron chi connectivity index (χ0n) is 8.54. The van der Waals surface area contributed by atoms with Gasteiger partial charge in [-0.25, -0.2) is 0 Å². The molecule has 0 amide bonds. The molecule has 0 spiro atoms. The fourth-order valence-electron chi connectivity index (χ4n) is 1.31. The second-order valence-corrected chi connectivity index (χ2v) is 3.59. The average Bonchev–Trinajstić information content (AvgIpc) is 2.21. The number of methoxy groups -OCH3 is 1. The summed E-state index contributed by atoms with van der Waals surface area (Å²) in [6.07, 6.45) is 0.709. The van der Waals surface area contributed by atoms with Gasteiger partial charge in [-0.05, 0) is 30.2 Å². The highest BCUT2D eigenvalue weighted by molar-refractivity contribution is 6.32. The summed E-state index contributed by atoms with van der Waals surface area (Å²) in [5.74, 6) is -0.413. The predicted octanol–water partition coefficient (Wildman–Crippen LogP) is 2.18. The van der Waals surface area contributed by atoms with E-state index >= 15 is 0 Å². The highest BCUT2D eigenvalue weighted by Gasteiger charge is 2.12. The monoisotopic (exact) mass is 226 g/mol. The van der Waals surface area contributed by atoms with Crippen LogP contribution in [0.1, 0.15) is 21.5 Å². The number of ether oxygens (including phenoxy) is 1. The van der Waals surface area contributed by atoms with Crippen molar-refractivity contribution in [2.24, 2.45) is 0 Å². The van der Waals surface area contributed by atoms with Crippen molar-refractivity contribution in [2.45, 2.75) is 13.3 Å². The molecule has 0 aliphatic heterocycles. The molecule has 0 aliphatic carbocycles. The van der Waals surface area contributed by atoms with Gasteiger partial charge in [-0.15, -0.1) is 0 Å². The van der Waals surface area contributed by atoms with E-state index in [4.69, 9.17) is 11.6 Å². The average molecular weight is 227 g/mol. The first-order valence-corrected chi connectivity index (χ1v) is 4.77. The molecule has 0 aliphatic rings. The van der Waals surface area contributed by atoms with Crippen LogP contribution in [0.4, 0.5) is 0 Å². The lowest BCUT2D eigenvalue weighted by Crippen LogP contribution is -2.07. The highest BCUT2D eigenvalue weighted by atomic mass is 35.5. The van der Waals surface area contributed by atoms with Crippen molar-refractivity contribution in [1.29, 1.82) is 0 Å². The summed E-state index contributed by atoms with van der Waals surface area (Å²) in [5, 5.41) is 0.419. The molecule has 0 saturated carbocycles. The highest BCUT2D eigenvalue weighted by Crippen LogP contribution is 2.22. The van der Waals surface area contributed by atoms with Gasteiger partial charge in [0, 0.05) is 10.6 Å². The smallest absolute Gasteiger partial charge is 0.310 e. The molecule has 0 N–H and O–H groups in total. The van der Waals surface area contributed by atoms with Crippen molar-refractivity contribution in [2.75, 3.05) is 7.11 Å². The molecule has 0 bridgehead atoms.